The number of hydrogen-bond acceptors (Lipinski definition) is 2. The molecule has 3 N–H and O–H groups in total. The second-order valence-electron chi connectivity index (χ2n) is 7.51. The molecule has 1 atom stereocenters. The summed E-state index contributed by atoms with van der Waals surface area (Å²) in [5.74, 6) is -0.353. The number of likely N-dealkylation sites (N-methyl/N-ethyl adjacent to an activating group) is 1. The van der Waals surface area contributed by atoms with Crippen LogP contribution in [-0.2, 0) is 11.2 Å². The van der Waals surface area contributed by atoms with Gasteiger partial charge >= 0.3 is 0 Å². The Bertz CT molecular complexity index is 972. The Morgan fingerprint density at radius 3 is 2.10 bits per heavy atom. The summed E-state index contributed by atoms with van der Waals surface area (Å²) in [5.41, 5.74) is 3.07. The average Bonchev–Trinajstić information content (AvgIpc) is 2.75. The molecule has 0 saturated carbocycles. The normalized spacial score (nSPS) is 11.7. The van der Waals surface area contributed by atoms with E-state index < -0.39 is 0 Å². The van der Waals surface area contributed by atoms with Gasteiger partial charge in [0.1, 0.15) is 6.04 Å². The first-order valence-corrected chi connectivity index (χ1v) is 10.1. The first-order valence-electron chi connectivity index (χ1n) is 10.1. The molecule has 2 amide bonds. The average molecular weight is 403 g/mol. The molecule has 5 nitrogen and oxygen atoms in total. The molecule has 154 valence electrons. The highest BCUT2D eigenvalue weighted by Crippen LogP contribution is 2.16. The second-order valence-corrected chi connectivity index (χ2v) is 7.51. The van der Waals surface area contributed by atoms with Gasteiger partial charge in [0.25, 0.3) is 5.91 Å². The fourth-order valence-corrected chi connectivity index (χ4v) is 3.40. The van der Waals surface area contributed by atoms with Crippen LogP contribution in [-0.4, -0.2) is 32.5 Å². The van der Waals surface area contributed by atoms with Crippen LogP contribution in [0.3, 0.4) is 0 Å². The standard InChI is InChI=1S/C25H27N3O2/c1-28(2)23(20-13-7-4-8-14-20)18-26-25(30)21-15-9-10-16-22(21)27-24(29)17-19-11-5-3-6-12-19/h3-16,23H,17-18H2,1-2H3,(H,26,30)(H,27,29)/p+1/t23-/m0/s1. The number of hydrogen-bond donors (Lipinski definition) is 3. The van der Waals surface area contributed by atoms with Crippen molar-refractivity contribution in [1.82, 2.24) is 5.32 Å². The highest BCUT2D eigenvalue weighted by molar-refractivity contribution is 6.04. The molecule has 5 heteroatoms. The second kappa shape index (κ2) is 10.4. The van der Waals surface area contributed by atoms with E-state index in [-0.39, 0.29) is 24.3 Å². The van der Waals surface area contributed by atoms with Gasteiger partial charge in [0.2, 0.25) is 5.91 Å². The van der Waals surface area contributed by atoms with Crippen LogP contribution >= 0.6 is 0 Å². The Kier molecular flexibility index (Phi) is 7.35. The van der Waals surface area contributed by atoms with Crippen molar-refractivity contribution in [2.45, 2.75) is 12.5 Å². The number of carbonyl (C=O) groups is 2. The first-order chi connectivity index (χ1) is 14.5. The Morgan fingerprint density at radius 1 is 0.833 bits per heavy atom. The van der Waals surface area contributed by atoms with Crippen molar-refractivity contribution in [3.05, 3.63) is 102 Å². The minimum Gasteiger partial charge on any atom is -0.346 e. The Labute approximate surface area is 177 Å². The number of benzene rings is 3. The number of para-hydroxylation sites is 1. The van der Waals surface area contributed by atoms with Crippen molar-refractivity contribution in [1.29, 1.82) is 0 Å². The topological polar surface area (TPSA) is 62.6 Å². The molecule has 0 aliphatic carbocycles. The molecule has 30 heavy (non-hydrogen) atoms. The van der Waals surface area contributed by atoms with E-state index in [0.717, 1.165) is 5.56 Å². The molecule has 0 spiro atoms. The van der Waals surface area contributed by atoms with Crippen LogP contribution in [0.15, 0.2) is 84.9 Å². The number of nitrogens with one attached hydrogen (secondary N) is 3. The lowest BCUT2D eigenvalue weighted by atomic mass is 10.1. The SMILES string of the molecule is C[NH+](C)[C@@H](CNC(=O)c1ccccc1NC(=O)Cc1ccccc1)c1ccccc1. The number of carbonyl (C=O) groups excluding carboxylic acids is 2. The smallest absolute Gasteiger partial charge is 0.253 e. The summed E-state index contributed by atoms with van der Waals surface area (Å²) in [5, 5.41) is 5.91. The molecule has 0 radical (unpaired) electrons. The maximum atomic E-state index is 12.9. The summed E-state index contributed by atoms with van der Waals surface area (Å²) in [4.78, 5) is 26.6. The maximum Gasteiger partial charge on any atom is 0.253 e. The summed E-state index contributed by atoms with van der Waals surface area (Å²) in [6.07, 6.45) is 0.261. The van der Waals surface area contributed by atoms with E-state index >= 15 is 0 Å². The third-order valence-corrected chi connectivity index (χ3v) is 5.02. The van der Waals surface area contributed by atoms with E-state index in [1.807, 2.05) is 54.6 Å². The summed E-state index contributed by atoms with van der Waals surface area (Å²) < 4.78 is 0. The molecular weight excluding hydrogens is 374 g/mol. The highest BCUT2D eigenvalue weighted by atomic mass is 16.2. The molecule has 0 saturated heterocycles. The van der Waals surface area contributed by atoms with Gasteiger partial charge in [-0.05, 0) is 17.7 Å². The highest BCUT2D eigenvalue weighted by Gasteiger charge is 2.20. The van der Waals surface area contributed by atoms with Crippen LogP contribution in [0.1, 0.15) is 27.5 Å². The lowest BCUT2D eigenvalue weighted by Crippen LogP contribution is -3.07. The number of amides is 2. The molecule has 0 fully saturated rings. The van der Waals surface area contributed by atoms with Gasteiger partial charge < -0.3 is 15.5 Å². The van der Waals surface area contributed by atoms with Gasteiger partial charge in [-0.15, -0.1) is 0 Å². The number of anilines is 1. The predicted molar refractivity (Wildman–Crippen MR) is 120 cm³/mol. The maximum absolute atomic E-state index is 12.9. The van der Waals surface area contributed by atoms with Gasteiger partial charge in [0, 0.05) is 5.56 Å². The van der Waals surface area contributed by atoms with E-state index in [4.69, 9.17) is 0 Å². The molecule has 3 aromatic rings. The van der Waals surface area contributed by atoms with E-state index in [2.05, 4.69) is 36.9 Å². The molecule has 0 unspecified atom stereocenters. The fourth-order valence-electron chi connectivity index (χ4n) is 3.40. The summed E-state index contributed by atoms with van der Waals surface area (Å²) >= 11 is 0. The van der Waals surface area contributed by atoms with Crippen molar-refractivity contribution >= 4 is 17.5 Å². The van der Waals surface area contributed by atoms with Crippen molar-refractivity contribution in [3.8, 4) is 0 Å². The quantitative estimate of drug-likeness (QED) is 0.542. The van der Waals surface area contributed by atoms with Gasteiger partial charge in [-0.1, -0.05) is 72.8 Å². The van der Waals surface area contributed by atoms with Crippen LogP contribution in [0.2, 0.25) is 0 Å². The summed E-state index contributed by atoms with van der Waals surface area (Å²) in [7, 11) is 4.14. The van der Waals surface area contributed by atoms with Crippen LogP contribution in [0, 0.1) is 0 Å². The Hall–Kier alpha value is -3.44. The van der Waals surface area contributed by atoms with Gasteiger partial charge in [0.15, 0.2) is 0 Å². The largest absolute Gasteiger partial charge is 0.346 e. The Morgan fingerprint density at radius 2 is 1.43 bits per heavy atom. The molecular formula is C25H28N3O2+. The molecule has 0 bridgehead atoms. The van der Waals surface area contributed by atoms with Gasteiger partial charge in [-0.25, -0.2) is 0 Å². The van der Waals surface area contributed by atoms with E-state index in [9.17, 15) is 9.59 Å². The lowest BCUT2D eigenvalue weighted by molar-refractivity contribution is -0.890. The molecule has 0 aliphatic heterocycles. The van der Waals surface area contributed by atoms with Crippen LogP contribution < -0.4 is 15.5 Å². The zero-order valence-corrected chi connectivity index (χ0v) is 17.4. The summed E-state index contributed by atoms with van der Waals surface area (Å²) in [6.45, 7) is 0.497. The molecule has 0 aliphatic rings. The van der Waals surface area contributed by atoms with E-state index in [1.165, 1.54) is 10.5 Å². The molecule has 0 aromatic heterocycles. The minimum absolute atomic E-state index is 0.134. The monoisotopic (exact) mass is 402 g/mol. The van der Waals surface area contributed by atoms with E-state index in [0.29, 0.717) is 17.8 Å². The molecule has 3 rings (SSSR count). The Balaban J connectivity index is 1.67. The predicted octanol–water partition coefficient (Wildman–Crippen LogP) is 2.48. The first kappa shape index (κ1) is 21.3. The zero-order valence-electron chi connectivity index (χ0n) is 17.4. The van der Waals surface area contributed by atoms with Gasteiger partial charge in [-0.2, -0.15) is 0 Å². The van der Waals surface area contributed by atoms with E-state index in [1.54, 1.807) is 18.2 Å². The van der Waals surface area contributed by atoms with Gasteiger partial charge in [-0.3, -0.25) is 9.59 Å². The number of quaternary nitrogens is 1. The molecule has 0 heterocycles. The van der Waals surface area contributed by atoms with Crippen LogP contribution in [0.4, 0.5) is 5.69 Å². The molecule has 3 aromatic carbocycles. The van der Waals surface area contributed by atoms with Crippen molar-refractivity contribution in [2.75, 3.05) is 26.0 Å². The van der Waals surface area contributed by atoms with Crippen LogP contribution in [0.5, 0.6) is 0 Å². The zero-order chi connectivity index (χ0) is 21.3. The van der Waals surface area contributed by atoms with Crippen molar-refractivity contribution in [3.63, 3.8) is 0 Å². The van der Waals surface area contributed by atoms with Crippen molar-refractivity contribution in [2.24, 2.45) is 0 Å². The lowest BCUT2D eigenvalue weighted by Gasteiger charge is -2.22. The minimum atomic E-state index is -0.201. The third kappa shape index (κ3) is 5.78. The number of rotatable bonds is 8. The van der Waals surface area contributed by atoms with Crippen LogP contribution in [0.25, 0.3) is 0 Å². The fraction of sp³-hybridized carbons (Fsp3) is 0.200. The third-order valence-electron chi connectivity index (χ3n) is 5.02. The van der Waals surface area contributed by atoms with Crippen molar-refractivity contribution < 1.29 is 14.5 Å². The summed E-state index contributed by atoms with van der Waals surface area (Å²) in [6, 6.07) is 26.9. The van der Waals surface area contributed by atoms with Gasteiger partial charge in [0.05, 0.1) is 38.3 Å².